The second kappa shape index (κ2) is 6.86. The van der Waals surface area contributed by atoms with E-state index in [4.69, 9.17) is 5.26 Å². The third-order valence-electron chi connectivity index (χ3n) is 3.62. The monoisotopic (exact) mass is 347 g/mol. The number of nitriles is 1. The van der Waals surface area contributed by atoms with E-state index in [1.54, 1.807) is 0 Å². The summed E-state index contributed by atoms with van der Waals surface area (Å²) in [6, 6.07) is 6.36. The smallest absolute Gasteiger partial charge is 0.288 e. The Morgan fingerprint density at radius 1 is 1.17 bits per heavy atom. The van der Waals surface area contributed by atoms with Gasteiger partial charge in [0.15, 0.2) is 0 Å². The van der Waals surface area contributed by atoms with Crippen LogP contribution < -0.4 is 0 Å². The Kier molecular flexibility index (Phi) is 5.29. The maximum atomic E-state index is 12.7. The number of piperazine rings is 1. The number of hydrogen-bond acceptors (Lipinski definition) is 4. The van der Waals surface area contributed by atoms with Gasteiger partial charge in [-0.3, -0.25) is 4.90 Å². The van der Waals surface area contributed by atoms with Gasteiger partial charge in [-0.05, 0) is 11.6 Å². The van der Waals surface area contributed by atoms with Gasteiger partial charge in [0, 0.05) is 26.2 Å². The number of sulfonamides is 1. The predicted molar refractivity (Wildman–Crippen MR) is 77.7 cm³/mol. The normalized spacial score (nSPS) is 17.8. The molecule has 9 heteroatoms. The maximum Gasteiger partial charge on any atom is 0.416 e. The summed E-state index contributed by atoms with van der Waals surface area (Å²) in [6.07, 6.45) is -4.50. The van der Waals surface area contributed by atoms with Crippen molar-refractivity contribution >= 4 is 10.0 Å². The maximum absolute atomic E-state index is 12.7. The zero-order chi connectivity index (χ0) is 17.1. The average Bonchev–Trinajstić information content (AvgIpc) is 2.47. The van der Waals surface area contributed by atoms with Gasteiger partial charge in [0.25, 0.3) is 0 Å². The molecule has 0 bridgehead atoms. The summed E-state index contributed by atoms with van der Waals surface area (Å²) in [6.45, 7) is 1.60. The van der Waals surface area contributed by atoms with E-state index < -0.39 is 27.5 Å². The van der Waals surface area contributed by atoms with Crippen LogP contribution in [0.1, 0.15) is 11.1 Å². The van der Waals surface area contributed by atoms with Crippen LogP contribution in [0.4, 0.5) is 13.2 Å². The first-order valence-electron chi connectivity index (χ1n) is 6.95. The minimum Gasteiger partial charge on any atom is -0.288 e. The lowest BCUT2D eigenvalue weighted by molar-refractivity contribution is -0.137. The number of halogens is 3. The number of nitrogens with zero attached hydrogens (tertiary/aromatic N) is 3. The van der Waals surface area contributed by atoms with Gasteiger partial charge in [0.05, 0.1) is 23.9 Å². The van der Waals surface area contributed by atoms with Gasteiger partial charge in [-0.25, -0.2) is 8.42 Å². The van der Waals surface area contributed by atoms with Crippen LogP contribution in [-0.4, -0.2) is 50.3 Å². The fraction of sp³-hybridized carbons (Fsp3) is 0.500. The van der Waals surface area contributed by atoms with Crippen molar-refractivity contribution in [2.45, 2.75) is 11.9 Å². The molecule has 1 saturated heterocycles. The van der Waals surface area contributed by atoms with E-state index in [1.165, 1.54) is 16.4 Å². The standard InChI is InChI=1S/C14H16F3N3O2S/c15-14(16,17)13-3-1-2-12(10-13)11-23(21,22)20-8-6-19(5-4-18)7-9-20/h1-3,10H,5-9,11H2. The zero-order valence-corrected chi connectivity index (χ0v) is 13.1. The summed E-state index contributed by atoms with van der Waals surface area (Å²) in [4.78, 5) is 1.83. The second-order valence-corrected chi connectivity index (χ2v) is 7.26. The quantitative estimate of drug-likeness (QED) is 0.778. The summed E-state index contributed by atoms with van der Waals surface area (Å²) >= 11 is 0. The van der Waals surface area contributed by atoms with Crippen LogP contribution in [0.5, 0.6) is 0 Å². The molecule has 1 aromatic carbocycles. The third-order valence-corrected chi connectivity index (χ3v) is 5.47. The summed E-state index contributed by atoms with van der Waals surface area (Å²) in [5.74, 6) is -0.463. The molecule has 0 aliphatic carbocycles. The Labute approximate surface area is 133 Å². The zero-order valence-electron chi connectivity index (χ0n) is 12.3. The van der Waals surface area contributed by atoms with Gasteiger partial charge >= 0.3 is 6.18 Å². The largest absolute Gasteiger partial charge is 0.416 e. The molecule has 0 spiro atoms. The Bertz CT molecular complexity index is 690. The molecule has 0 radical (unpaired) electrons. The van der Waals surface area contributed by atoms with E-state index in [-0.39, 0.29) is 25.2 Å². The first-order valence-corrected chi connectivity index (χ1v) is 8.56. The van der Waals surface area contributed by atoms with Crippen LogP contribution in [0.15, 0.2) is 24.3 Å². The van der Waals surface area contributed by atoms with Crippen molar-refractivity contribution in [1.82, 2.24) is 9.21 Å². The number of rotatable bonds is 4. The van der Waals surface area contributed by atoms with Gasteiger partial charge in [0.2, 0.25) is 10.0 Å². The van der Waals surface area contributed by atoms with E-state index in [1.807, 2.05) is 11.0 Å². The number of hydrogen-bond donors (Lipinski definition) is 0. The molecule has 1 aliphatic heterocycles. The Balaban J connectivity index is 2.06. The summed E-state index contributed by atoms with van der Waals surface area (Å²) in [7, 11) is -3.68. The van der Waals surface area contributed by atoms with Crippen molar-refractivity contribution in [2.75, 3.05) is 32.7 Å². The number of alkyl halides is 3. The molecular formula is C14H16F3N3O2S. The molecule has 1 aromatic rings. The lowest BCUT2D eigenvalue weighted by Crippen LogP contribution is -2.48. The minimum atomic E-state index is -4.50. The molecule has 0 aromatic heterocycles. The molecular weight excluding hydrogens is 331 g/mol. The summed E-state index contributed by atoms with van der Waals surface area (Å²) in [5, 5.41) is 8.62. The highest BCUT2D eigenvalue weighted by molar-refractivity contribution is 7.88. The molecule has 5 nitrogen and oxygen atoms in total. The first-order chi connectivity index (χ1) is 10.7. The highest BCUT2D eigenvalue weighted by Crippen LogP contribution is 2.30. The van der Waals surface area contributed by atoms with E-state index in [0.29, 0.717) is 13.1 Å². The van der Waals surface area contributed by atoms with Gasteiger partial charge in [0.1, 0.15) is 0 Å². The van der Waals surface area contributed by atoms with E-state index >= 15 is 0 Å². The molecule has 126 valence electrons. The fourth-order valence-corrected chi connectivity index (χ4v) is 3.91. The van der Waals surface area contributed by atoms with Gasteiger partial charge < -0.3 is 0 Å². The molecule has 1 aliphatic rings. The Hall–Kier alpha value is -1.63. The van der Waals surface area contributed by atoms with Crippen LogP contribution in [-0.2, 0) is 22.0 Å². The second-order valence-electron chi connectivity index (χ2n) is 5.29. The summed E-state index contributed by atoms with van der Waals surface area (Å²) in [5.41, 5.74) is -0.747. The lowest BCUT2D eigenvalue weighted by Gasteiger charge is -2.32. The minimum absolute atomic E-state index is 0.110. The van der Waals surface area contributed by atoms with Crippen LogP contribution >= 0.6 is 0 Å². The van der Waals surface area contributed by atoms with Crippen molar-refractivity contribution in [3.05, 3.63) is 35.4 Å². The lowest BCUT2D eigenvalue weighted by atomic mass is 10.1. The molecule has 2 rings (SSSR count). The Morgan fingerprint density at radius 3 is 2.39 bits per heavy atom. The van der Waals surface area contributed by atoms with Crippen LogP contribution in [0.25, 0.3) is 0 Å². The predicted octanol–water partition coefficient (Wildman–Crippen LogP) is 1.68. The van der Waals surface area contributed by atoms with Crippen molar-refractivity contribution in [3.63, 3.8) is 0 Å². The van der Waals surface area contributed by atoms with Gasteiger partial charge in [-0.1, -0.05) is 18.2 Å². The topological polar surface area (TPSA) is 64.4 Å². The first kappa shape index (κ1) is 17.7. The SMILES string of the molecule is N#CCN1CCN(S(=O)(=O)Cc2cccc(C(F)(F)F)c2)CC1. The van der Waals surface area contributed by atoms with Crippen LogP contribution in [0, 0.1) is 11.3 Å². The van der Waals surface area contributed by atoms with Crippen LogP contribution in [0.3, 0.4) is 0 Å². The molecule has 0 amide bonds. The molecule has 0 unspecified atom stereocenters. The highest BCUT2D eigenvalue weighted by Gasteiger charge is 2.31. The highest BCUT2D eigenvalue weighted by atomic mass is 32.2. The number of benzene rings is 1. The van der Waals surface area contributed by atoms with Crippen molar-refractivity contribution in [3.8, 4) is 6.07 Å². The third kappa shape index (κ3) is 4.67. The van der Waals surface area contributed by atoms with Crippen molar-refractivity contribution in [2.24, 2.45) is 0 Å². The molecule has 0 saturated carbocycles. The van der Waals surface area contributed by atoms with E-state index in [2.05, 4.69) is 0 Å². The Morgan fingerprint density at radius 2 is 1.83 bits per heavy atom. The average molecular weight is 347 g/mol. The molecule has 1 heterocycles. The van der Waals surface area contributed by atoms with Gasteiger partial charge in [-0.2, -0.15) is 22.7 Å². The van der Waals surface area contributed by atoms with Gasteiger partial charge in [-0.15, -0.1) is 0 Å². The summed E-state index contributed by atoms with van der Waals surface area (Å²) < 4.78 is 64.0. The van der Waals surface area contributed by atoms with Crippen LogP contribution in [0.2, 0.25) is 0 Å². The molecule has 23 heavy (non-hydrogen) atoms. The molecule has 0 N–H and O–H groups in total. The van der Waals surface area contributed by atoms with Crippen molar-refractivity contribution < 1.29 is 21.6 Å². The fourth-order valence-electron chi connectivity index (χ4n) is 2.41. The van der Waals surface area contributed by atoms with Crippen molar-refractivity contribution in [1.29, 1.82) is 5.26 Å². The van der Waals surface area contributed by atoms with E-state index in [0.717, 1.165) is 12.1 Å². The molecule has 1 fully saturated rings. The molecule has 0 atom stereocenters. The van der Waals surface area contributed by atoms with E-state index in [9.17, 15) is 21.6 Å².